The van der Waals surface area contributed by atoms with Crippen LogP contribution >= 0.6 is 0 Å². The second-order valence-corrected chi connectivity index (χ2v) is 8.38. The molecular weight excluding hydrogens is 248 g/mol. The first-order valence-electron chi connectivity index (χ1n) is 8.62. The van der Waals surface area contributed by atoms with Crippen molar-refractivity contribution in [2.45, 2.75) is 45.4 Å². The molecule has 5 fully saturated rings. The number of amides is 1. The Bertz CT molecular complexity index is 371. The van der Waals surface area contributed by atoms with Gasteiger partial charge in [0.1, 0.15) is 0 Å². The van der Waals surface area contributed by atoms with Gasteiger partial charge in [-0.2, -0.15) is 0 Å². The average molecular weight is 276 g/mol. The van der Waals surface area contributed by atoms with Crippen LogP contribution < -0.4 is 10.6 Å². The summed E-state index contributed by atoms with van der Waals surface area (Å²) < 4.78 is 0. The lowest BCUT2D eigenvalue weighted by Crippen LogP contribution is -2.52. The van der Waals surface area contributed by atoms with Crippen molar-refractivity contribution >= 4 is 5.91 Å². The van der Waals surface area contributed by atoms with E-state index in [1.54, 1.807) is 0 Å². The molecule has 1 heterocycles. The first-order chi connectivity index (χ1) is 9.63. The van der Waals surface area contributed by atoms with Gasteiger partial charge >= 0.3 is 0 Å². The molecule has 0 spiro atoms. The predicted molar refractivity (Wildman–Crippen MR) is 79.1 cm³/mol. The van der Waals surface area contributed by atoms with Crippen molar-refractivity contribution < 1.29 is 4.79 Å². The van der Waals surface area contributed by atoms with Crippen molar-refractivity contribution in [2.24, 2.45) is 35.0 Å². The van der Waals surface area contributed by atoms with Crippen molar-refractivity contribution in [3.63, 3.8) is 0 Å². The molecule has 1 saturated heterocycles. The van der Waals surface area contributed by atoms with Crippen molar-refractivity contribution in [3.05, 3.63) is 0 Å². The Morgan fingerprint density at radius 3 is 2.20 bits per heavy atom. The zero-order valence-electron chi connectivity index (χ0n) is 12.7. The van der Waals surface area contributed by atoms with Gasteiger partial charge in [0.05, 0.1) is 5.92 Å². The van der Waals surface area contributed by atoms with Gasteiger partial charge in [-0.1, -0.05) is 6.92 Å². The van der Waals surface area contributed by atoms with Crippen LogP contribution in [0.3, 0.4) is 0 Å². The van der Waals surface area contributed by atoms with Gasteiger partial charge in [0.2, 0.25) is 5.91 Å². The SMILES string of the molecule is CC1CNCC1C(=O)NCC12CC3CC(CC(C3)C1)C2. The van der Waals surface area contributed by atoms with E-state index in [1.807, 2.05) is 0 Å². The van der Waals surface area contributed by atoms with E-state index in [0.717, 1.165) is 37.4 Å². The fraction of sp³-hybridized carbons (Fsp3) is 0.941. The molecule has 4 bridgehead atoms. The molecule has 0 aromatic heterocycles. The van der Waals surface area contributed by atoms with Gasteiger partial charge in [-0.3, -0.25) is 4.79 Å². The first kappa shape index (κ1) is 13.1. The third-order valence-electron chi connectivity index (χ3n) is 6.66. The molecule has 0 radical (unpaired) electrons. The summed E-state index contributed by atoms with van der Waals surface area (Å²) in [6, 6.07) is 0. The zero-order chi connectivity index (χ0) is 13.7. The van der Waals surface area contributed by atoms with E-state index < -0.39 is 0 Å². The Morgan fingerprint density at radius 1 is 1.10 bits per heavy atom. The van der Waals surface area contributed by atoms with Crippen molar-refractivity contribution in [2.75, 3.05) is 19.6 Å². The lowest BCUT2D eigenvalue weighted by atomic mass is 9.49. The highest BCUT2D eigenvalue weighted by molar-refractivity contribution is 5.79. The molecule has 2 N–H and O–H groups in total. The van der Waals surface area contributed by atoms with Crippen LogP contribution in [-0.4, -0.2) is 25.5 Å². The Labute approximate surface area is 122 Å². The Hall–Kier alpha value is -0.570. The standard InChI is InChI=1S/C17H28N2O/c1-11-8-18-9-15(11)16(20)19-10-17-5-12-2-13(6-17)4-14(3-12)7-17/h11-15,18H,2-10H2,1H3,(H,19,20). The van der Waals surface area contributed by atoms with E-state index in [1.165, 1.54) is 38.5 Å². The number of hydrogen-bond donors (Lipinski definition) is 2. The minimum Gasteiger partial charge on any atom is -0.355 e. The molecule has 0 aromatic rings. The topological polar surface area (TPSA) is 41.1 Å². The number of hydrogen-bond acceptors (Lipinski definition) is 2. The summed E-state index contributed by atoms with van der Waals surface area (Å²) >= 11 is 0. The van der Waals surface area contributed by atoms with Gasteiger partial charge < -0.3 is 10.6 Å². The molecule has 112 valence electrons. The molecule has 1 aliphatic heterocycles. The van der Waals surface area contributed by atoms with Gasteiger partial charge in [0, 0.05) is 13.1 Å². The van der Waals surface area contributed by atoms with E-state index in [4.69, 9.17) is 0 Å². The molecule has 5 aliphatic rings. The molecule has 3 nitrogen and oxygen atoms in total. The largest absolute Gasteiger partial charge is 0.355 e. The molecule has 4 aliphatic carbocycles. The van der Waals surface area contributed by atoms with E-state index in [0.29, 0.717) is 17.2 Å². The zero-order valence-corrected chi connectivity index (χ0v) is 12.7. The Kier molecular flexibility index (Phi) is 3.10. The normalized spacial score (nSPS) is 49.5. The quantitative estimate of drug-likeness (QED) is 0.829. The van der Waals surface area contributed by atoms with Crippen LogP contribution in [0.4, 0.5) is 0 Å². The molecule has 20 heavy (non-hydrogen) atoms. The van der Waals surface area contributed by atoms with E-state index in [-0.39, 0.29) is 5.92 Å². The van der Waals surface area contributed by atoms with Crippen LogP contribution in [0.25, 0.3) is 0 Å². The lowest BCUT2D eigenvalue weighted by Gasteiger charge is -2.57. The minimum absolute atomic E-state index is 0.198. The van der Waals surface area contributed by atoms with Crippen LogP contribution in [0.2, 0.25) is 0 Å². The minimum atomic E-state index is 0.198. The Balaban J connectivity index is 1.38. The first-order valence-corrected chi connectivity index (χ1v) is 8.62. The van der Waals surface area contributed by atoms with Crippen molar-refractivity contribution in [1.29, 1.82) is 0 Å². The molecule has 3 heteroatoms. The second kappa shape index (κ2) is 4.72. The summed E-state index contributed by atoms with van der Waals surface area (Å²) in [5, 5.41) is 6.67. The number of carbonyl (C=O) groups is 1. The molecule has 4 saturated carbocycles. The molecule has 2 unspecified atom stereocenters. The molecule has 2 atom stereocenters. The molecular formula is C17H28N2O. The average Bonchev–Trinajstić information content (AvgIpc) is 2.81. The van der Waals surface area contributed by atoms with Crippen molar-refractivity contribution in [3.8, 4) is 0 Å². The lowest BCUT2D eigenvalue weighted by molar-refractivity contribution is -0.127. The van der Waals surface area contributed by atoms with Gasteiger partial charge in [-0.05, 0) is 74.2 Å². The van der Waals surface area contributed by atoms with Gasteiger partial charge in [-0.15, -0.1) is 0 Å². The van der Waals surface area contributed by atoms with Crippen LogP contribution in [0.5, 0.6) is 0 Å². The second-order valence-electron chi connectivity index (χ2n) is 8.38. The van der Waals surface area contributed by atoms with Gasteiger partial charge in [0.15, 0.2) is 0 Å². The summed E-state index contributed by atoms with van der Waals surface area (Å²) in [7, 11) is 0. The van der Waals surface area contributed by atoms with Crippen LogP contribution in [0.15, 0.2) is 0 Å². The third kappa shape index (κ3) is 2.18. The molecule has 1 amide bonds. The maximum atomic E-state index is 12.4. The summed E-state index contributed by atoms with van der Waals surface area (Å²) in [6.45, 7) is 5.01. The summed E-state index contributed by atoms with van der Waals surface area (Å²) in [5.41, 5.74) is 0.472. The van der Waals surface area contributed by atoms with E-state index in [9.17, 15) is 4.79 Å². The highest BCUT2D eigenvalue weighted by atomic mass is 16.1. The van der Waals surface area contributed by atoms with Gasteiger partial charge in [-0.25, -0.2) is 0 Å². The fourth-order valence-electron chi connectivity index (χ4n) is 6.07. The van der Waals surface area contributed by atoms with Crippen LogP contribution in [0, 0.1) is 35.0 Å². The van der Waals surface area contributed by atoms with Crippen molar-refractivity contribution in [1.82, 2.24) is 10.6 Å². The molecule has 0 aromatic carbocycles. The van der Waals surface area contributed by atoms with E-state index in [2.05, 4.69) is 17.6 Å². The maximum Gasteiger partial charge on any atom is 0.224 e. The van der Waals surface area contributed by atoms with Gasteiger partial charge in [0.25, 0.3) is 0 Å². The number of rotatable bonds is 3. The Morgan fingerprint density at radius 2 is 1.70 bits per heavy atom. The maximum absolute atomic E-state index is 12.4. The summed E-state index contributed by atoms with van der Waals surface area (Å²) in [6.07, 6.45) is 8.61. The third-order valence-corrected chi connectivity index (χ3v) is 6.66. The number of nitrogens with one attached hydrogen (secondary N) is 2. The highest BCUT2D eigenvalue weighted by Crippen LogP contribution is 2.59. The summed E-state index contributed by atoms with van der Waals surface area (Å²) in [5.74, 6) is 3.93. The molecule has 5 rings (SSSR count). The summed E-state index contributed by atoms with van der Waals surface area (Å²) in [4.78, 5) is 12.4. The smallest absolute Gasteiger partial charge is 0.224 e. The monoisotopic (exact) mass is 276 g/mol. The van der Waals surface area contributed by atoms with Crippen LogP contribution in [0.1, 0.15) is 45.4 Å². The highest BCUT2D eigenvalue weighted by Gasteiger charge is 2.50. The van der Waals surface area contributed by atoms with Crippen LogP contribution in [-0.2, 0) is 4.79 Å². The van der Waals surface area contributed by atoms with E-state index >= 15 is 0 Å². The number of carbonyl (C=O) groups excluding carboxylic acids is 1. The predicted octanol–water partition coefficient (Wildman–Crippen LogP) is 2.17. The fourth-order valence-corrected chi connectivity index (χ4v) is 6.07.